The second kappa shape index (κ2) is 4.45. The summed E-state index contributed by atoms with van der Waals surface area (Å²) in [6, 6.07) is 9.43. The van der Waals surface area contributed by atoms with Crippen LogP contribution >= 0.6 is 0 Å². The zero-order valence-corrected chi connectivity index (χ0v) is 10.5. The fraction of sp³-hybridized carbons (Fsp3) is 0. The monoisotopic (exact) mass is 285 g/mol. The molecule has 0 aliphatic carbocycles. The van der Waals surface area contributed by atoms with Crippen LogP contribution in [0.2, 0.25) is 0 Å². The molecule has 21 heavy (non-hydrogen) atoms. The van der Waals surface area contributed by atoms with Crippen LogP contribution in [0.5, 0.6) is 23.0 Å². The molecule has 6 nitrogen and oxygen atoms in total. The van der Waals surface area contributed by atoms with E-state index < -0.39 is 28.4 Å². The summed E-state index contributed by atoms with van der Waals surface area (Å²) in [6.45, 7) is 0. The first-order chi connectivity index (χ1) is 9.99. The van der Waals surface area contributed by atoms with E-state index in [1.54, 1.807) is 6.07 Å². The quantitative estimate of drug-likeness (QED) is 0.509. The lowest BCUT2D eigenvalue weighted by Crippen LogP contribution is -2.02. The Morgan fingerprint density at radius 2 is 1.67 bits per heavy atom. The Balaban J connectivity index is 2.35. The number of hydrogen-bond donors (Lipinski definition) is 4. The first kappa shape index (κ1) is 12.9. The number of phenolic OH excluding ortho intramolecular Hbond substituents is 3. The summed E-state index contributed by atoms with van der Waals surface area (Å²) in [5.41, 5.74) is -0.492. The molecule has 0 atom stereocenters. The number of fused-ring (bicyclic) bond motifs is 1. The molecule has 0 spiro atoms. The number of phenols is 3. The van der Waals surface area contributed by atoms with Crippen molar-refractivity contribution in [1.29, 1.82) is 0 Å². The molecule has 0 unspecified atom stereocenters. The highest BCUT2D eigenvalue weighted by Gasteiger charge is 2.18. The summed E-state index contributed by atoms with van der Waals surface area (Å²) in [6.07, 6.45) is 0. The maximum absolute atomic E-state index is 12.1. The van der Waals surface area contributed by atoms with Gasteiger partial charge in [-0.05, 0) is 18.2 Å². The van der Waals surface area contributed by atoms with Crippen molar-refractivity contribution in [3.63, 3.8) is 0 Å². The third kappa shape index (κ3) is 1.93. The molecule has 2 aromatic carbocycles. The van der Waals surface area contributed by atoms with Gasteiger partial charge in [-0.2, -0.15) is 0 Å². The summed E-state index contributed by atoms with van der Waals surface area (Å²) in [7, 11) is 0. The van der Waals surface area contributed by atoms with Crippen LogP contribution in [0.25, 0.3) is 22.3 Å². The maximum atomic E-state index is 12.1. The molecule has 3 aromatic rings. The van der Waals surface area contributed by atoms with Crippen LogP contribution in [0, 0.1) is 6.07 Å². The lowest BCUT2D eigenvalue weighted by Gasteiger charge is -2.08. The molecule has 1 aromatic heterocycles. The molecule has 0 fully saturated rings. The third-order valence-electron chi connectivity index (χ3n) is 3.03. The Labute approximate surface area is 117 Å². The molecule has 0 saturated heterocycles. The van der Waals surface area contributed by atoms with Gasteiger partial charge in [0.1, 0.15) is 5.58 Å². The standard InChI is InChI=1S/C15H9O6/c16-9-5-7(6-10(17)13(9)19)15-14(20)12(18)8-3-1-2-4-11(8)21-15/h1-3,5-6,16-17,19-20H. The van der Waals surface area contributed by atoms with Crippen LogP contribution in [-0.2, 0) is 0 Å². The summed E-state index contributed by atoms with van der Waals surface area (Å²) < 4.78 is 5.40. The third-order valence-corrected chi connectivity index (χ3v) is 3.03. The molecule has 4 N–H and O–H groups in total. The lowest BCUT2D eigenvalue weighted by molar-refractivity contribution is 0.368. The van der Waals surface area contributed by atoms with Crippen LogP contribution in [0.4, 0.5) is 0 Å². The van der Waals surface area contributed by atoms with Gasteiger partial charge >= 0.3 is 0 Å². The van der Waals surface area contributed by atoms with Crippen molar-refractivity contribution in [2.24, 2.45) is 0 Å². The first-order valence-electron chi connectivity index (χ1n) is 5.91. The van der Waals surface area contributed by atoms with E-state index in [-0.39, 0.29) is 22.3 Å². The lowest BCUT2D eigenvalue weighted by atomic mass is 10.1. The van der Waals surface area contributed by atoms with Crippen molar-refractivity contribution in [3.8, 4) is 34.3 Å². The van der Waals surface area contributed by atoms with Crippen LogP contribution < -0.4 is 5.43 Å². The normalized spacial score (nSPS) is 10.9. The van der Waals surface area contributed by atoms with Gasteiger partial charge in [-0.15, -0.1) is 0 Å². The van der Waals surface area contributed by atoms with Crippen LogP contribution in [0.3, 0.4) is 0 Å². The average Bonchev–Trinajstić information content (AvgIpc) is 2.48. The number of aromatic hydroxyl groups is 4. The second-order valence-corrected chi connectivity index (χ2v) is 4.38. The van der Waals surface area contributed by atoms with E-state index in [2.05, 4.69) is 6.07 Å². The summed E-state index contributed by atoms with van der Waals surface area (Å²) in [5.74, 6) is -2.81. The summed E-state index contributed by atoms with van der Waals surface area (Å²) in [5, 5.41) is 38.4. The fourth-order valence-corrected chi connectivity index (χ4v) is 2.00. The van der Waals surface area contributed by atoms with Gasteiger partial charge in [0.15, 0.2) is 23.0 Å². The van der Waals surface area contributed by atoms with Gasteiger partial charge in [-0.25, -0.2) is 0 Å². The molecule has 0 aliphatic heterocycles. The van der Waals surface area contributed by atoms with Gasteiger partial charge in [-0.3, -0.25) is 4.79 Å². The first-order valence-corrected chi connectivity index (χ1v) is 5.91. The van der Waals surface area contributed by atoms with E-state index >= 15 is 0 Å². The molecule has 0 amide bonds. The smallest absolute Gasteiger partial charge is 0.235 e. The molecule has 1 radical (unpaired) electrons. The van der Waals surface area contributed by atoms with Crippen molar-refractivity contribution < 1.29 is 24.8 Å². The summed E-state index contributed by atoms with van der Waals surface area (Å²) >= 11 is 0. The molecule has 0 bridgehead atoms. The van der Waals surface area contributed by atoms with Crippen molar-refractivity contribution in [3.05, 3.63) is 46.6 Å². The topological polar surface area (TPSA) is 111 Å². The minimum absolute atomic E-state index is 0.0385. The molecule has 6 heteroatoms. The van der Waals surface area contributed by atoms with Gasteiger partial charge in [0.05, 0.1) is 5.39 Å². The highest BCUT2D eigenvalue weighted by atomic mass is 16.4. The van der Waals surface area contributed by atoms with Crippen molar-refractivity contribution >= 4 is 11.0 Å². The van der Waals surface area contributed by atoms with E-state index in [1.165, 1.54) is 12.1 Å². The molecular weight excluding hydrogens is 276 g/mol. The second-order valence-electron chi connectivity index (χ2n) is 4.38. The minimum atomic E-state index is -0.701. The Morgan fingerprint density at radius 3 is 2.33 bits per heavy atom. The Kier molecular flexibility index (Phi) is 2.72. The van der Waals surface area contributed by atoms with Crippen LogP contribution in [0.1, 0.15) is 0 Å². The molecular formula is C15H9O6. The molecule has 105 valence electrons. The van der Waals surface area contributed by atoms with Crippen LogP contribution in [-0.4, -0.2) is 20.4 Å². The number of benzene rings is 2. The van der Waals surface area contributed by atoms with Crippen molar-refractivity contribution in [2.75, 3.05) is 0 Å². The van der Waals surface area contributed by atoms with E-state index in [9.17, 15) is 25.2 Å². The highest BCUT2D eigenvalue weighted by Crippen LogP contribution is 2.40. The average molecular weight is 285 g/mol. The van der Waals surface area contributed by atoms with Gasteiger partial charge in [0, 0.05) is 11.6 Å². The largest absolute Gasteiger partial charge is 0.504 e. The predicted molar refractivity (Wildman–Crippen MR) is 73.4 cm³/mol. The number of para-hydroxylation sites is 1. The highest BCUT2D eigenvalue weighted by molar-refractivity contribution is 5.82. The van der Waals surface area contributed by atoms with Gasteiger partial charge in [0.25, 0.3) is 0 Å². The van der Waals surface area contributed by atoms with E-state index in [1.807, 2.05) is 0 Å². The van der Waals surface area contributed by atoms with E-state index in [0.717, 1.165) is 12.1 Å². The Hall–Kier alpha value is -3.15. The Bertz CT molecular complexity index is 887. The van der Waals surface area contributed by atoms with Crippen LogP contribution in [0.15, 0.2) is 39.5 Å². The molecule has 1 heterocycles. The van der Waals surface area contributed by atoms with Gasteiger partial charge in [-0.1, -0.05) is 12.1 Å². The zero-order valence-electron chi connectivity index (χ0n) is 10.5. The van der Waals surface area contributed by atoms with Crippen molar-refractivity contribution in [1.82, 2.24) is 0 Å². The number of hydrogen-bond acceptors (Lipinski definition) is 6. The zero-order chi connectivity index (χ0) is 15.1. The molecule has 3 rings (SSSR count). The van der Waals surface area contributed by atoms with E-state index in [0.29, 0.717) is 0 Å². The minimum Gasteiger partial charge on any atom is -0.504 e. The number of rotatable bonds is 1. The fourth-order valence-electron chi connectivity index (χ4n) is 2.00. The summed E-state index contributed by atoms with van der Waals surface area (Å²) in [4.78, 5) is 12.1. The van der Waals surface area contributed by atoms with Gasteiger partial charge < -0.3 is 24.8 Å². The predicted octanol–water partition coefficient (Wildman–Crippen LogP) is 2.08. The maximum Gasteiger partial charge on any atom is 0.235 e. The molecule has 0 aliphatic rings. The molecule has 0 saturated carbocycles. The SMILES string of the molecule is O=c1c(O)c(-c2cc(O)c(O)c(O)c2)oc2[c]cccc12. The van der Waals surface area contributed by atoms with Crippen molar-refractivity contribution in [2.45, 2.75) is 0 Å². The Morgan fingerprint density at radius 1 is 1.00 bits per heavy atom. The van der Waals surface area contributed by atoms with Gasteiger partial charge in [0.2, 0.25) is 11.2 Å². The van der Waals surface area contributed by atoms with E-state index in [4.69, 9.17) is 4.42 Å².